The minimum absolute atomic E-state index is 0.237. The van der Waals surface area contributed by atoms with E-state index in [1.54, 1.807) is 5.43 Å². The van der Waals surface area contributed by atoms with Crippen molar-refractivity contribution in [2.45, 2.75) is 13.8 Å². The van der Waals surface area contributed by atoms with Crippen molar-refractivity contribution in [2.75, 3.05) is 13.1 Å². The highest BCUT2D eigenvalue weighted by Gasteiger charge is 2.02. The summed E-state index contributed by atoms with van der Waals surface area (Å²) < 4.78 is 0. The van der Waals surface area contributed by atoms with Gasteiger partial charge in [-0.05, 0) is 6.92 Å². The van der Waals surface area contributed by atoms with E-state index in [1.807, 2.05) is 13.8 Å². The Bertz CT molecular complexity index is 179. The third kappa shape index (κ3) is 11.6. The first kappa shape index (κ1) is 16.0. The van der Waals surface area contributed by atoms with Crippen LogP contribution >= 0.6 is 25.3 Å². The second-order valence-electron chi connectivity index (χ2n) is 1.99. The monoisotopic (exact) mass is 240 g/mol. The highest BCUT2D eigenvalue weighted by Crippen LogP contribution is 1.88. The lowest BCUT2D eigenvalue weighted by molar-refractivity contribution is 0.202. The third-order valence-corrected chi connectivity index (χ3v) is 1.39. The Labute approximate surface area is 94.3 Å². The maximum absolute atomic E-state index is 10.5. The minimum atomic E-state index is -0.523. The van der Waals surface area contributed by atoms with E-state index >= 15 is 0 Å². The zero-order valence-electron chi connectivity index (χ0n) is 8.15. The average Bonchev–Trinajstić information content (AvgIpc) is 2.14. The third-order valence-electron chi connectivity index (χ3n) is 1.02. The fourth-order valence-electron chi connectivity index (χ4n) is 0.506. The SMILES string of the molecule is CCNN(CC)C(=O)S.NNC(=O)S. The zero-order chi connectivity index (χ0) is 11.6. The number of nitrogens with two attached hydrogens (primary N) is 1. The summed E-state index contributed by atoms with van der Waals surface area (Å²) in [7, 11) is 0. The van der Waals surface area contributed by atoms with E-state index in [9.17, 15) is 9.59 Å². The highest BCUT2D eigenvalue weighted by molar-refractivity contribution is 7.96. The molecule has 14 heavy (non-hydrogen) atoms. The smallest absolute Gasteiger partial charge is 0.285 e. The molecule has 0 unspecified atom stereocenters. The van der Waals surface area contributed by atoms with Gasteiger partial charge in [0.1, 0.15) is 0 Å². The van der Waals surface area contributed by atoms with Crippen LogP contribution in [0.5, 0.6) is 0 Å². The van der Waals surface area contributed by atoms with Crippen LogP contribution in [0, 0.1) is 0 Å². The van der Waals surface area contributed by atoms with E-state index in [2.05, 4.69) is 36.5 Å². The lowest BCUT2D eigenvalue weighted by atomic mass is 10.7. The number of hydrazine groups is 2. The summed E-state index contributed by atoms with van der Waals surface area (Å²) in [6, 6.07) is 0. The van der Waals surface area contributed by atoms with Gasteiger partial charge in [0.05, 0.1) is 0 Å². The van der Waals surface area contributed by atoms with E-state index in [0.29, 0.717) is 6.54 Å². The topological polar surface area (TPSA) is 87.5 Å². The molecule has 0 saturated heterocycles. The molecule has 8 heteroatoms. The van der Waals surface area contributed by atoms with Crippen molar-refractivity contribution in [1.82, 2.24) is 15.9 Å². The first-order chi connectivity index (χ1) is 6.49. The van der Waals surface area contributed by atoms with Crippen molar-refractivity contribution in [3.05, 3.63) is 0 Å². The van der Waals surface area contributed by atoms with E-state index in [1.165, 1.54) is 5.01 Å². The maximum Gasteiger partial charge on any atom is 0.292 e. The molecule has 84 valence electrons. The molecule has 0 atom stereocenters. The van der Waals surface area contributed by atoms with Crippen LogP contribution < -0.4 is 16.7 Å². The molecule has 0 aliphatic heterocycles. The molecule has 0 bridgehead atoms. The number of hydrogen-bond donors (Lipinski definition) is 5. The van der Waals surface area contributed by atoms with Crippen LogP contribution in [0.2, 0.25) is 0 Å². The standard InChI is InChI=1S/C5H12N2OS.CH4N2OS/c1-3-6-7(4-2)5(8)9;2-3-1(4)5/h6H,3-4H2,1-2H3,(H,8,9);2H2,(H2,3,4,5). The number of nitrogens with zero attached hydrogens (tertiary/aromatic N) is 1. The van der Waals surface area contributed by atoms with Crippen LogP contribution in [-0.4, -0.2) is 28.6 Å². The molecular weight excluding hydrogens is 224 g/mol. The summed E-state index contributed by atoms with van der Waals surface area (Å²) in [6.45, 7) is 5.21. The molecular formula is C6H16N4O2S2. The first-order valence-corrected chi connectivity index (χ1v) is 4.82. The second kappa shape index (κ2) is 10.6. The Hall–Kier alpha value is -0.440. The van der Waals surface area contributed by atoms with Crippen LogP contribution in [0.4, 0.5) is 9.59 Å². The number of nitrogens with one attached hydrogen (secondary N) is 2. The van der Waals surface area contributed by atoms with E-state index in [4.69, 9.17) is 0 Å². The van der Waals surface area contributed by atoms with E-state index in [-0.39, 0.29) is 5.24 Å². The summed E-state index contributed by atoms with van der Waals surface area (Å²) in [6.07, 6.45) is 0. The Morgan fingerprint density at radius 3 is 1.86 bits per heavy atom. The molecule has 4 N–H and O–H groups in total. The molecule has 0 aliphatic rings. The first-order valence-electron chi connectivity index (χ1n) is 3.93. The quantitative estimate of drug-likeness (QED) is 0.214. The largest absolute Gasteiger partial charge is 0.292 e. The van der Waals surface area contributed by atoms with Crippen LogP contribution in [0.1, 0.15) is 13.8 Å². The predicted octanol–water partition coefficient (Wildman–Crippen LogP) is 0.382. The van der Waals surface area contributed by atoms with Gasteiger partial charge >= 0.3 is 0 Å². The Morgan fingerprint density at radius 2 is 1.79 bits per heavy atom. The van der Waals surface area contributed by atoms with Gasteiger partial charge in [-0.2, -0.15) is 0 Å². The van der Waals surface area contributed by atoms with Crippen LogP contribution in [-0.2, 0) is 0 Å². The van der Waals surface area contributed by atoms with Crippen LogP contribution in [0.15, 0.2) is 0 Å². The maximum atomic E-state index is 10.5. The van der Waals surface area contributed by atoms with Gasteiger partial charge in [0, 0.05) is 13.1 Å². The number of carbonyl (C=O) groups excluding carboxylic acids is 2. The Balaban J connectivity index is 0. The number of carbonyl (C=O) groups is 2. The van der Waals surface area contributed by atoms with Crippen LogP contribution in [0.25, 0.3) is 0 Å². The molecule has 0 fully saturated rings. The van der Waals surface area contributed by atoms with Gasteiger partial charge in [0.25, 0.3) is 10.5 Å². The molecule has 0 saturated carbocycles. The molecule has 0 aromatic carbocycles. The lowest BCUT2D eigenvalue weighted by Gasteiger charge is -2.17. The van der Waals surface area contributed by atoms with Gasteiger partial charge < -0.3 is 0 Å². The van der Waals surface area contributed by atoms with Gasteiger partial charge in [-0.1, -0.05) is 32.2 Å². The van der Waals surface area contributed by atoms with Crippen molar-refractivity contribution in [1.29, 1.82) is 0 Å². The summed E-state index contributed by atoms with van der Waals surface area (Å²) >= 11 is 6.85. The molecule has 0 aromatic rings. The van der Waals surface area contributed by atoms with Crippen molar-refractivity contribution in [3.63, 3.8) is 0 Å². The van der Waals surface area contributed by atoms with E-state index < -0.39 is 5.24 Å². The Kier molecular flexibility index (Phi) is 12.2. The average molecular weight is 240 g/mol. The van der Waals surface area contributed by atoms with Crippen molar-refractivity contribution < 1.29 is 9.59 Å². The van der Waals surface area contributed by atoms with Gasteiger partial charge in [-0.25, -0.2) is 11.3 Å². The van der Waals surface area contributed by atoms with Crippen LogP contribution in [0.3, 0.4) is 0 Å². The second-order valence-corrected chi connectivity index (χ2v) is 2.78. The van der Waals surface area contributed by atoms with Gasteiger partial charge in [-0.15, -0.1) is 0 Å². The summed E-state index contributed by atoms with van der Waals surface area (Å²) in [4.78, 5) is 19.9. The van der Waals surface area contributed by atoms with Gasteiger partial charge in [0.15, 0.2) is 0 Å². The summed E-state index contributed by atoms with van der Waals surface area (Å²) in [5, 5.41) is 0.688. The highest BCUT2D eigenvalue weighted by atomic mass is 32.1. The molecule has 2 amide bonds. The number of amides is 2. The minimum Gasteiger partial charge on any atom is -0.285 e. The molecule has 0 heterocycles. The zero-order valence-corrected chi connectivity index (χ0v) is 9.94. The molecule has 0 radical (unpaired) electrons. The van der Waals surface area contributed by atoms with E-state index in [0.717, 1.165) is 6.54 Å². The molecule has 0 aliphatic carbocycles. The normalized spacial score (nSPS) is 8.36. The molecule has 6 nitrogen and oxygen atoms in total. The van der Waals surface area contributed by atoms with Gasteiger partial charge in [0.2, 0.25) is 0 Å². The Morgan fingerprint density at radius 1 is 1.36 bits per heavy atom. The number of rotatable bonds is 3. The fourth-order valence-corrected chi connectivity index (χ4v) is 0.718. The summed E-state index contributed by atoms with van der Waals surface area (Å²) in [5.74, 6) is 4.50. The predicted molar refractivity (Wildman–Crippen MR) is 62.1 cm³/mol. The molecule has 0 rings (SSSR count). The summed E-state index contributed by atoms with van der Waals surface area (Å²) in [5.41, 5.74) is 4.59. The molecule has 0 spiro atoms. The van der Waals surface area contributed by atoms with Crippen molar-refractivity contribution in [3.8, 4) is 0 Å². The molecule has 0 aromatic heterocycles. The van der Waals surface area contributed by atoms with Gasteiger partial charge in [-0.3, -0.25) is 20.0 Å². The number of hydrogen-bond acceptors (Lipinski definition) is 4. The van der Waals surface area contributed by atoms with Crippen molar-refractivity contribution in [2.24, 2.45) is 5.84 Å². The van der Waals surface area contributed by atoms with Crippen molar-refractivity contribution >= 4 is 35.7 Å². The fraction of sp³-hybridized carbons (Fsp3) is 0.667. The lowest BCUT2D eigenvalue weighted by Crippen LogP contribution is -2.39. The number of thiol groups is 2.